The molecule has 0 radical (unpaired) electrons. The molecule has 24 heavy (non-hydrogen) atoms. The maximum Gasteiger partial charge on any atom is 0.401 e. The minimum atomic E-state index is -4.41. The van der Waals surface area contributed by atoms with Gasteiger partial charge in [-0.1, -0.05) is 0 Å². The number of nitrogens with zero attached hydrogens (tertiary/aromatic N) is 4. The highest BCUT2D eigenvalue weighted by Crippen LogP contribution is 2.32. The summed E-state index contributed by atoms with van der Waals surface area (Å²) in [5.41, 5.74) is 1.15. The first-order chi connectivity index (χ1) is 11.4. The van der Waals surface area contributed by atoms with Crippen molar-refractivity contribution in [1.82, 2.24) is 14.8 Å². The van der Waals surface area contributed by atoms with Gasteiger partial charge >= 0.3 is 6.18 Å². The second-order valence-corrected chi connectivity index (χ2v) is 6.00. The topological polar surface area (TPSA) is 51.0 Å². The van der Waals surface area contributed by atoms with Crippen LogP contribution in [-0.4, -0.2) is 44.9 Å². The first-order valence-electron chi connectivity index (χ1n) is 7.21. The Hall–Kier alpha value is -2.03. The minimum Gasteiger partial charge on any atom is -0.310 e. The van der Waals surface area contributed by atoms with Crippen molar-refractivity contribution >= 4 is 23.4 Å². The molecule has 2 aromatic heterocycles. The Morgan fingerprint density at radius 1 is 1.42 bits per heavy atom. The summed E-state index contributed by atoms with van der Waals surface area (Å²) in [7, 11) is 0. The minimum absolute atomic E-state index is 0.260. The Morgan fingerprint density at radius 3 is 2.71 bits per heavy atom. The predicted molar refractivity (Wildman–Crippen MR) is 87.4 cm³/mol. The molecule has 1 amide bonds. The zero-order valence-corrected chi connectivity index (χ0v) is 14.0. The summed E-state index contributed by atoms with van der Waals surface area (Å²) in [4.78, 5) is 17.6. The molecule has 1 atom stereocenters. The highest BCUT2D eigenvalue weighted by molar-refractivity contribution is 7.99. The van der Waals surface area contributed by atoms with Gasteiger partial charge in [0.15, 0.2) is 0 Å². The lowest BCUT2D eigenvalue weighted by Crippen LogP contribution is -2.36. The highest BCUT2D eigenvalue weighted by atomic mass is 32.2. The van der Waals surface area contributed by atoms with E-state index in [1.165, 1.54) is 22.0 Å². The van der Waals surface area contributed by atoms with Gasteiger partial charge in [0.25, 0.3) is 0 Å². The van der Waals surface area contributed by atoms with Crippen LogP contribution >= 0.6 is 11.8 Å². The van der Waals surface area contributed by atoms with Crippen LogP contribution in [0.5, 0.6) is 0 Å². The average Bonchev–Trinajstić information content (AvgIpc) is 3.02. The molecule has 0 spiro atoms. The van der Waals surface area contributed by atoms with Gasteiger partial charge in [-0.25, -0.2) is 4.68 Å². The molecule has 2 heterocycles. The van der Waals surface area contributed by atoms with Crippen molar-refractivity contribution in [2.75, 3.05) is 17.7 Å². The lowest BCUT2D eigenvalue weighted by Gasteiger charge is -2.23. The molecular formula is C15H17F3N4OS. The van der Waals surface area contributed by atoms with Crippen LogP contribution in [0, 0.1) is 0 Å². The van der Waals surface area contributed by atoms with Gasteiger partial charge in [-0.3, -0.25) is 9.78 Å². The van der Waals surface area contributed by atoms with Crippen molar-refractivity contribution < 1.29 is 18.0 Å². The fourth-order valence-electron chi connectivity index (χ4n) is 2.19. The van der Waals surface area contributed by atoms with E-state index in [1.54, 1.807) is 37.6 Å². The molecule has 0 aromatic carbocycles. The SMILES string of the molecule is CCN(C(=O)CC(SC)C(F)(F)F)c1cnn(-c2cccnc2)c1. The standard InChI is InChI=1S/C15H17F3N4OS/c1-3-21(14(23)7-13(24-2)15(16,17)18)12-9-20-22(10-12)11-5-4-6-19-8-11/h4-6,8-10,13H,3,7H2,1-2H3. The van der Waals surface area contributed by atoms with E-state index >= 15 is 0 Å². The van der Waals surface area contributed by atoms with Crippen LogP contribution in [0.1, 0.15) is 13.3 Å². The molecule has 0 aliphatic heterocycles. The van der Waals surface area contributed by atoms with Crippen molar-refractivity contribution in [3.63, 3.8) is 0 Å². The van der Waals surface area contributed by atoms with E-state index in [0.717, 1.165) is 0 Å². The number of rotatable bonds is 6. The van der Waals surface area contributed by atoms with Crippen molar-refractivity contribution in [3.8, 4) is 5.69 Å². The predicted octanol–water partition coefficient (Wildman–Crippen LogP) is 3.30. The van der Waals surface area contributed by atoms with Gasteiger partial charge in [-0.2, -0.15) is 30.0 Å². The molecule has 9 heteroatoms. The second-order valence-electron chi connectivity index (χ2n) is 4.96. The van der Waals surface area contributed by atoms with Gasteiger partial charge < -0.3 is 4.90 Å². The van der Waals surface area contributed by atoms with Gasteiger partial charge in [0, 0.05) is 19.2 Å². The molecule has 2 aromatic rings. The summed E-state index contributed by atoms with van der Waals surface area (Å²) in [5.74, 6) is -0.583. The molecule has 5 nitrogen and oxygen atoms in total. The molecule has 130 valence electrons. The summed E-state index contributed by atoms with van der Waals surface area (Å²) in [5, 5.41) is 2.43. The molecule has 0 aliphatic rings. The smallest absolute Gasteiger partial charge is 0.310 e. The molecular weight excluding hydrogens is 341 g/mol. The largest absolute Gasteiger partial charge is 0.401 e. The van der Waals surface area contributed by atoms with Gasteiger partial charge in [0.05, 0.1) is 30.0 Å². The number of pyridine rings is 1. The highest BCUT2D eigenvalue weighted by Gasteiger charge is 2.41. The molecule has 2 rings (SSSR count). The van der Waals surface area contributed by atoms with Crippen LogP contribution in [0.2, 0.25) is 0 Å². The zero-order chi connectivity index (χ0) is 17.7. The summed E-state index contributed by atoms with van der Waals surface area (Å²) in [6.07, 6.45) is 2.61. The van der Waals surface area contributed by atoms with Crippen LogP contribution in [0.25, 0.3) is 5.69 Å². The first-order valence-corrected chi connectivity index (χ1v) is 8.50. The van der Waals surface area contributed by atoms with Crippen LogP contribution in [0.3, 0.4) is 0 Å². The van der Waals surface area contributed by atoms with E-state index in [-0.39, 0.29) is 6.54 Å². The van der Waals surface area contributed by atoms with Crippen molar-refractivity contribution in [1.29, 1.82) is 0 Å². The number of carbonyl (C=O) groups excluding carboxylic acids is 1. The van der Waals surface area contributed by atoms with Crippen LogP contribution in [0.4, 0.5) is 18.9 Å². The molecule has 0 aliphatic carbocycles. The zero-order valence-electron chi connectivity index (χ0n) is 13.2. The lowest BCUT2D eigenvalue weighted by atomic mass is 10.2. The first kappa shape index (κ1) is 18.3. The Morgan fingerprint density at radius 2 is 2.17 bits per heavy atom. The second kappa shape index (κ2) is 7.69. The monoisotopic (exact) mass is 358 g/mol. The summed E-state index contributed by atoms with van der Waals surface area (Å²) < 4.78 is 40.1. The molecule has 0 bridgehead atoms. The van der Waals surface area contributed by atoms with Crippen LogP contribution in [0.15, 0.2) is 36.9 Å². The number of hydrogen-bond donors (Lipinski definition) is 0. The number of amides is 1. The van der Waals surface area contributed by atoms with Gasteiger partial charge in [0.2, 0.25) is 5.91 Å². The Bertz CT molecular complexity index is 675. The molecule has 0 N–H and O–H groups in total. The molecule has 0 saturated heterocycles. The number of anilines is 1. The average molecular weight is 358 g/mol. The number of aromatic nitrogens is 3. The summed E-state index contributed by atoms with van der Waals surface area (Å²) in [6, 6.07) is 3.53. The van der Waals surface area contributed by atoms with E-state index < -0.39 is 23.8 Å². The molecule has 0 saturated carbocycles. The fraction of sp³-hybridized carbons (Fsp3) is 0.400. The van der Waals surface area contributed by atoms with Gasteiger partial charge in [0.1, 0.15) is 5.25 Å². The maximum atomic E-state index is 12.9. The molecule has 1 unspecified atom stereocenters. The van der Waals surface area contributed by atoms with E-state index in [1.807, 2.05) is 0 Å². The summed E-state index contributed by atoms with van der Waals surface area (Å²) >= 11 is 0.629. The van der Waals surface area contributed by atoms with E-state index in [9.17, 15) is 18.0 Å². The van der Waals surface area contributed by atoms with Gasteiger partial charge in [-0.05, 0) is 25.3 Å². The maximum absolute atomic E-state index is 12.9. The number of hydrogen-bond acceptors (Lipinski definition) is 4. The quantitative estimate of drug-likeness (QED) is 0.795. The number of thioether (sulfide) groups is 1. The van der Waals surface area contributed by atoms with Crippen molar-refractivity contribution in [3.05, 3.63) is 36.9 Å². The third-order valence-electron chi connectivity index (χ3n) is 3.42. The number of carbonyl (C=O) groups is 1. The van der Waals surface area contributed by atoms with Crippen LogP contribution in [-0.2, 0) is 4.79 Å². The van der Waals surface area contributed by atoms with Crippen LogP contribution < -0.4 is 4.90 Å². The summed E-state index contributed by atoms with van der Waals surface area (Å²) in [6.45, 7) is 1.97. The Kier molecular flexibility index (Phi) is 5.87. The van der Waals surface area contributed by atoms with E-state index in [4.69, 9.17) is 0 Å². The Labute approximate surface area is 141 Å². The lowest BCUT2D eigenvalue weighted by molar-refractivity contribution is -0.138. The number of alkyl halides is 3. The van der Waals surface area contributed by atoms with E-state index in [2.05, 4.69) is 10.1 Å². The van der Waals surface area contributed by atoms with E-state index in [0.29, 0.717) is 23.1 Å². The van der Waals surface area contributed by atoms with Crippen molar-refractivity contribution in [2.45, 2.75) is 24.8 Å². The molecule has 0 fully saturated rings. The Balaban J connectivity index is 2.17. The van der Waals surface area contributed by atoms with Crippen molar-refractivity contribution in [2.24, 2.45) is 0 Å². The normalized spacial score (nSPS) is 12.9. The fourth-order valence-corrected chi connectivity index (χ4v) is 2.76. The third-order valence-corrected chi connectivity index (χ3v) is 4.42. The number of halogens is 3. The third kappa shape index (κ3) is 4.28. The van der Waals surface area contributed by atoms with Gasteiger partial charge in [-0.15, -0.1) is 0 Å².